The van der Waals surface area contributed by atoms with Gasteiger partial charge in [-0.25, -0.2) is 0 Å². The first kappa shape index (κ1) is 19.3. The minimum Gasteiger partial charge on any atom is -0.356 e. The second kappa shape index (κ2) is 10.9. The SMILES string of the molecule is CN=C(NCCc1ccc(Cl)cc1)NCCc1cccs1.I. The molecule has 2 rings (SSSR count). The van der Waals surface area contributed by atoms with Crippen LogP contribution in [0.15, 0.2) is 46.8 Å². The van der Waals surface area contributed by atoms with Crippen LogP contribution in [0.25, 0.3) is 0 Å². The molecule has 1 aromatic carbocycles. The average molecular weight is 450 g/mol. The van der Waals surface area contributed by atoms with Crippen molar-refractivity contribution in [2.75, 3.05) is 20.1 Å². The van der Waals surface area contributed by atoms with Crippen LogP contribution in [-0.2, 0) is 12.8 Å². The molecule has 0 fully saturated rings. The molecule has 0 aliphatic heterocycles. The molecular formula is C16H21ClIN3S. The summed E-state index contributed by atoms with van der Waals surface area (Å²) in [4.78, 5) is 5.62. The fourth-order valence-electron chi connectivity index (χ4n) is 1.96. The molecule has 0 saturated carbocycles. The molecule has 0 spiro atoms. The summed E-state index contributed by atoms with van der Waals surface area (Å²) in [5, 5.41) is 9.53. The van der Waals surface area contributed by atoms with Crippen LogP contribution >= 0.6 is 46.9 Å². The molecule has 1 aromatic heterocycles. The Bertz CT molecular complexity index is 555. The van der Waals surface area contributed by atoms with E-state index in [2.05, 4.69) is 45.3 Å². The third kappa shape index (κ3) is 6.98. The Morgan fingerprint density at radius 3 is 2.36 bits per heavy atom. The first-order valence-corrected chi connectivity index (χ1v) is 8.25. The molecule has 0 amide bonds. The van der Waals surface area contributed by atoms with Crippen molar-refractivity contribution >= 4 is 52.9 Å². The predicted molar refractivity (Wildman–Crippen MR) is 108 cm³/mol. The highest BCUT2D eigenvalue weighted by molar-refractivity contribution is 14.0. The van der Waals surface area contributed by atoms with Gasteiger partial charge in [-0.05, 0) is 42.0 Å². The maximum absolute atomic E-state index is 5.87. The van der Waals surface area contributed by atoms with Crippen LogP contribution in [0.2, 0.25) is 5.02 Å². The van der Waals surface area contributed by atoms with Crippen LogP contribution in [0.1, 0.15) is 10.4 Å². The van der Waals surface area contributed by atoms with Gasteiger partial charge in [0.05, 0.1) is 0 Å². The number of guanidine groups is 1. The number of benzene rings is 1. The van der Waals surface area contributed by atoms with Gasteiger partial charge in [0, 0.05) is 30.0 Å². The van der Waals surface area contributed by atoms with Gasteiger partial charge < -0.3 is 10.6 Å². The van der Waals surface area contributed by atoms with Crippen LogP contribution < -0.4 is 10.6 Å². The monoisotopic (exact) mass is 449 g/mol. The Hall–Kier alpha value is -0.790. The maximum atomic E-state index is 5.87. The van der Waals surface area contributed by atoms with Crippen molar-refractivity contribution in [2.24, 2.45) is 4.99 Å². The summed E-state index contributed by atoms with van der Waals surface area (Å²) in [6.45, 7) is 1.74. The molecule has 0 unspecified atom stereocenters. The summed E-state index contributed by atoms with van der Waals surface area (Å²) < 4.78 is 0. The highest BCUT2D eigenvalue weighted by atomic mass is 127. The van der Waals surface area contributed by atoms with Gasteiger partial charge in [-0.2, -0.15) is 0 Å². The van der Waals surface area contributed by atoms with Crippen LogP contribution in [0.3, 0.4) is 0 Å². The molecule has 0 aliphatic carbocycles. The van der Waals surface area contributed by atoms with Gasteiger partial charge in [-0.15, -0.1) is 35.3 Å². The molecule has 3 nitrogen and oxygen atoms in total. The van der Waals surface area contributed by atoms with Crippen molar-refractivity contribution in [2.45, 2.75) is 12.8 Å². The maximum Gasteiger partial charge on any atom is 0.190 e. The third-order valence-electron chi connectivity index (χ3n) is 3.09. The van der Waals surface area contributed by atoms with Crippen molar-refractivity contribution in [1.29, 1.82) is 0 Å². The molecule has 6 heteroatoms. The van der Waals surface area contributed by atoms with E-state index in [0.29, 0.717) is 0 Å². The van der Waals surface area contributed by atoms with Gasteiger partial charge in [-0.3, -0.25) is 4.99 Å². The second-order valence-corrected chi connectivity index (χ2v) is 6.10. The van der Waals surface area contributed by atoms with Crippen molar-refractivity contribution in [3.8, 4) is 0 Å². The number of rotatable bonds is 6. The Kier molecular flexibility index (Phi) is 9.50. The van der Waals surface area contributed by atoms with E-state index in [-0.39, 0.29) is 24.0 Å². The molecule has 22 heavy (non-hydrogen) atoms. The van der Waals surface area contributed by atoms with Crippen molar-refractivity contribution in [3.05, 3.63) is 57.2 Å². The first-order chi connectivity index (χ1) is 10.3. The highest BCUT2D eigenvalue weighted by Gasteiger charge is 1.99. The van der Waals surface area contributed by atoms with Gasteiger partial charge in [0.1, 0.15) is 0 Å². The lowest BCUT2D eigenvalue weighted by atomic mass is 10.1. The molecule has 0 radical (unpaired) electrons. The van der Waals surface area contributed by atoms with Gasteiger partial charge in [0.25, 0.3) is 0 Å². The molecule has 0 aliphatic rings. The average Bonchev–Trinajstić information content (AvgIpc) is 3.01. The standard InChI is InChI=1S/C16H20ClN3S.HI/c1-18-16(20-11-9-15-3-2-12-21-15)19-10-8-13-4-6-14(17)7-5-13;/h2-7,12H,8-11H2,1H3,(H2,18,19,20);1H. The normalized spacial score (nSPS) is 10.9. The van der Waals surface area contributed by atoms with E-state index in [9.17, 15) is 0 Å². The molecule has 0 bridgehead atoms. The van der Waals surface area contributed by atoms with E-state index in [0.717, 1.165) is 36.9 Å². The van der Waals surface area contributed by atoms with Crippen LogP contribution in [0, 0.1) is 0 Å². The lowest BCUT2D eigenvalue weighted by Gasteiger charge is -2.11. The largest absolute Gasteiger partial charge is 0.356 e. The van der Waals surface area contributed by atoms with Gasteiger partial charge in [0.15, 0.2) is 5.96 Å². The number of nitrogens with zero attached hydrogens (tertiary/aromatic N) is 1. The smallest absolute Gasteiger partial charge is 0.190 e. The van der Waals surface area contributed by atoms with E-state index < -0.39 is 0 Å². The minimum atomic E-state index is 0. The van der Waals surface area contributed by atoms with Crippen LogP contribution in [0.4, 0.5) is 0 Å². The van der Waals surface area contributed by atoms with E-state index in [1.165, 1.54) is 10.4 Å². The summed E-state index contributed by atoms with van der Waals surface area (Å²) >= 11 is 7.66. The molecule has 120 valence electrons. The predicted octanol–water partition coefficient (Wildman–Crippen LogP) is 3.97. The summed E-state index contributed by atoms with van der Waals surface area (Å²) in [6.07, 6.45) is 1.97. The molecule has 0 atom stereocenters. The molecular weight excluding hydrogens is 429 g/mol. The summed E-state index contributed by atoms with van der Waals surface area (Å²) in [7, 11) is 1.79. The molecule has 0 saturated heterocycles. The van der Waals surface area contributed by atoms with Gasteiger partial charge in [-0.1, -0.05) is 29.8 Å². The van der Waals surface area contributed by atoms with E-state index in [1.54, 1.807) is 18.4 Å². The number of hydrogen-bond acceptors (Lipinski definition) is 2. The Morgan fingerprint density at radius 1 is 1.09 bits per heavy atom. The molecule has 1 heterocycles. The summed E-state index contributed by atoms with van der Waals surface area (Å²) in [5.74, 6) is 0.848. The fraction of sp³-hybridized carbons (Fsp3) is 0.312. The highest BCUT2D eigenvalue weighted by Crippen LogP contribution is 2.09. The number of thiophene rings is 1. The van der Waals surface area contributed by atoms with Crippen molar-refractivity contribution in [1.82, 2.24) is 10.6 Å². The third-order valence-corrected chi connectivity index (χ3v) is 4.28. The van der Waals surface area contributed by atoms with E-state index >= 15 is 0 Å². The zero-order valence-corrected chi connectivity index (χ0v) is 16.4. The zero-order chi connectivity index (χ0) is 14.9. The van der Waals surface area contributed by atoms with E-state index in [4.69, 9.17) is 11.6 Å². The number of halogens is 2. The number of hydrogen-bond donors (Lipinski definition) is 2. The minimum absolute atomic E-state index is 0. The first-order valence-electron chi connectivity index (χ1n) is 6.99. The van der Waals surface area contributed by atoms with Crippen LogP contribution in [-0.4, -0.2) is 26.1 Å². The zero-order valence-electron chi connectivity index (χ0n) is 12.5. The molecule has 2 aromatic rings. The summed E-state index contributed by atoms with van der Waals surface area (Å²) in [5.41, 5.74) is 1.26. The Balaban J connectivity index is 0.00000242. The summed E-state index contributed by atoms with van der Waals surface area (Å²) in [6, 6.07) is 12.2. The van der Waals surface area contributed by atoms with Crippen molar-refractivity contribution in [3.63, 3.8) is 0 Å². The second-order valence-electron chi connectivity index (χ2n) is 4.63. The Morgan fingerprint density at radius 2 is 1.77 bits per heavy atom. The molecule has 2 N–H and O–H groups in total. The Labute approximate surface area is 158 Å². The topological polar surface area (TPSA) is 36.4 Å². The van der Waals surface area contributed by atoms with Crippen LogP contribution in [0.5, 0.6) is 0 Å². The lowest BCUT2D eigenvalue weighted by molar-refractivity contribution is 0.788. The fourth-order valence-corrected chi connectivity index (χ4v) is 2.79. The lowest BCUT2D eigenvalue weighted by Crippen LogP contribution is -2.39. The van der Waals surface area contributed by atoms with Crippen molar-refractivity contribution < 1.29 is 0 Å². The quantitative estimate of drug-likeness (QED) is 0.398. The number of aliphatic imine (C=N–C) groups is 1. The van der Waals surface area contributed by atoms with E-state index in [1.807, 2.05) is 12.1 Å². The number of nitrogens with one attached hydrogen (secondary N) is 2. The van der Waals surface area contributed by atoms with Gasteiger partial charge in [0.2, 0.25) is 0 Å². The van der Waals surface area contributed by atoms with Gasteiger partial charge >= 0.3 is 0 Å².